The highest BCUT2D eigenvalue weighted by Gasteiger charge is 2.42. The topological polar surface area (TPSA) is 101 Å². The molecule has 1 aromatic carbocycles. The fraction of sp³-hybridized carbons (Fsp3) is 0.516. The van der Waals surface area contributed by atoms with E-state index in [9.17, 15) is 9.59 Å². The van der Waals surface area contributed by atoms with Crippen molar-refractivity contribution >= 4 is 23.2 Å². The van der Waals surface area contributed by atoms with Crippen LogP contribution in [0.15, 0.2) is 35.7 Å². The smallest absolute Gasteiger partial charge is 0.257 e. The maximum atomic E-state index is 13.6. The van der Waals surface area contributed by atoms with Gasteiger partial charge >= 0.3 is 0 Å². The zero-order chi connectivity index (χ0) is 28.5. The molecule has 216 valence electrons. The average molecular weight is 575 g/mol. The molecular formula is C31H38N6O3S. The van der Waals surface area contributed by atoms with Crippen LogP contribution in [-0.2, 0) is 9.53 Å². The number of hydrogen-bond acceptors (Lipinski definition) is 8. The van der Waals surface area contributed by atoms with E-state index in [-0.39, 0.29) is 23.8 Å². The Balaban J connectivity index is 1.06. The van der Waals surface area contributed by atoms with Gasteiger partial charge in [-0.2, -0.15) is 0 Å². The van der Waals surface area contributed by atoms with Crippen molar-refractivity contribution in [3.8, 4) is 11.5 Å². The summed E-state index contributed by atoms with van der Waals surface area (Å²) in [5, 5.41) is 6.23. The molecule has 3 fully saturated rings. The number of carbonyl (C=O) groups excluding carboxylic acids is 2. The van der Waals surface area contributed by atoms with Gasteiger partial charge in [0, 0.05) is 44.7 Å². The minimum Gasteiger partial charge on any atom is -0.381 e. The lowest BCUT2D eigenvalue weighted by Gasteiger charge is -2.26. The number of fused-ring (bicyclic) bond motifs is 1. The second-order valence-electron chi connectivity index (χ2n) is 11.7. The van der Waals surface area contributed by atoms with Crippen molar-refractivity contribution in [1.82, 2.24) is 30.1 Å². The van der Waals surface area contributed by atoms with Crippen molar-refractivity contribution in [2.45, 2.75) is 39.7 Å². The zero-order valence-corrected chi connectivity index (χ0v) is 24.8. The zero-order valence-electron chi connectivity index (χ0n) is 24.0. The lowest BCUT2D eigenvalue weighted by molar-refractivity contribution is -0.125. The highest BCUT2D eigenvalue weighted by atomic mass is 32.1. The number of aromatic nitrogens is 3. The lowest BCUT2D eigenvalue weighted by Crippen LogP contribution is -2.37. The number of thiazole rings is 1. The molecule has 0 aliphatic carbocycles. The first-order valence-electron chi connectivity index (χ1n) is 14.6. The molecule has 3 aliphatic heterocycles. The highest BCUT2D eigenvalue weighted by molar-refractivity contribution is 7.09. The molecule has 3 aliphatic rings. The molecule has 3 saturated heterocycles. The summed E-state index contributed by atoms with van der Waals surface area (Å²) < 4.78 is 5.43. The molecule has 5 heterocycles. The SMILES string of the molecule is Cc1nc(-c2nc(C)c(C(=O)N3CC4CN(CCC(NC(=O)C5CCOC5)c5ccccc5)C[C@H]4C3)c(C)n2)cs1. The van der Waals surface area contributed by atoms with Gasteiger partial charge in [0.2, 0.25) is 5.91 Å². The van der Waals surface area contributed by atoms with E-state index < -0.39 is 0 Å². The van der Waals surface area contributed by atoms with Gasteiger partial charge in [0.15, 0.2) is 5.82 Å². The second kappa shape index (κ2) is 12.0. The van der Waals surface area contributed by atoms with Crippen molar-refractivity contribution in [1.29, 1.82) is 0 Å². The molecule has 41 heavy (non-hydrogen) atoms. The van der Waals surface area contributed by atoms with Crippen LogP contribution in [0.5, 0.6) is 0 Å². The Morgan fingerprint density at radius 3 is 2.34 bits per heavy atom. The van der Waals surface area contributed by atoms with Gasteiger partial charge < -0.3 is 19.9 Å². The number of carbonyl (C=O) groups is 2. The van der Waals surface area contributed by atoms with Gasteiger partial charge in [-0.05, 0) is 51.0 Å². The summed E-state index contributed by atoms with van der Waals surface area (Å²) in [6, 6.07) is 10.2. The summed E-state index contributed by atoms with van der Waals surface area (Å²) in [5.41, 5.74) is 3.93. The maximum absolute atomic E-state index is 13.6. The normalized spacial score (nSPS) is 23.1. The van der Waals surface area contributed by atoms with Crippen molar-refractivity contribution in [2.75, 3.05) is 45.9 Å². The number of hydrogen-bond donors (Lipinski definition) is 1. The second-order valence-corrected chi connectivity index (χ2v) is 12.7. The first kappa shape index (κ1) is 27.9. The molecule has 0 radical (unpaired) electrons. The van der Waals surface area contributed by atoms with Crippen LogP contribution in [-0.4, -0.2) is 82.5 Å². The van der Waals surface area contributed by atoms with Crippen LogP contribution in [0.3, 0.4) is 0 Å². The summed E-state index contributed by atoms with van der Waals surface area (Å²) in [7, 11) is 0. The predicted octanol–water partition coefficient (Wildman–Crippen LogP) is 3.81. The van der Waals surface area contributed by atoms with Crippen molar-refractivity contribution < 1.29 is 14.3 Å². The molecular weight excluding hydrogens is 536 g/mol. The Morgan fingerprint density at radius 1 is 1.02 bits per heavy atom. The molecule has 6 rings (SSSR count). The van der Waals surface area contributed by atoms with E-state index in [2.05, 4.69) is 37.3 Å². The first-order chi connectivity index (χ1) is 19.9. The van der Waals surface area contributed by atoms with Crippen LogP contribution in [0.25, 0.3) is 11.5 Å². The van der Waals surface area contributed by atoms with E-state index in [1.165, 1.54) is 0 Å². The lowest BCUT2D eigenvalue weighted by atomic mass is 10.0. The summed E-state index contributed by atoms with van der Waals surface area (Å²) >= 11 is 1.57. The minimum atomic E-state index is -0.0544. The molecule has 3 unspecified atom stereocenters. The number of nitrogens with zero attached hydrogens (tertiary/aromatic N) is 5. The van der Waals surface area contributed by atoms with E-state index in [4.69, 9.17) is 4.74 Å². The van der Waals surface area contributed by atoms with E-state index in [1.807, 2.05) is 49.3 Å². The first-order valence-corrected chi connectivity index (χ1v) is 15.5. The van der Waals surface area contributed by atoms with Crippen LogP contribution in [0.4, 0.5) is 0 Å². The summed E-state index contributed by atoms with van der Waals surface area (Å²) in [5.74, 6) is 1.56. The van der Waals surface area contributed by atoms with E-state index in [1.54, 1.807) is 11.3 Å². The molecule has 2 aromatic heterocycles. The van der Waals surface area contributed by atoms with Crippen LogP contribution in [0.2, 0.25) is 0 Å². The molecule has 9 nitrogen and oxygen atoms in total. The van der Waals surface area contributed by atoms with Crippen molar-refractivity contribution in [2.24, 2.45) is 17.8 Å². The largest absolute Gasteiger partial charge is 0.381 e. The number of nitrogens with one attached hydrogen (secondary N) is 1. The standard InChI is InChI=1S/C31H38N6O3S/c1-19-28(20(2)33-29(32-19)27-18-41-21(3)34-27)31(39)37-15-24-13-36(14-25(24)16-37)11-9-26(22-7-5-4-6-8-22)35-30(38)23-10-12-40-17-23/h4-8,18,23-26H,9-17H2,1-3H3,(H,35,38)/t23?,24-,25?,26?/m0/s1. The fourth-order valence-corrected chi connectivity index (χ4v) is 7.14. The van der Waals surface area contributed by atoms with Gasteiger partial charge in [-0.15, -0.1) is 11.3 Å². The Morgan fingerprint density at radius 2 is 1.73 bits per heavy atom. The maximum Gasteiger partial charge on any atom is 0.257 e. The van der Waals surface area contributed by atoms with Crippen LogP contribution < -0.4 is 5.32 Å². The van der Waals surface area contributed by atoms with Gasteiger partial charge in [0.1, 0.15) is 5.69 Å². The van der Waals surface area contributed by atoms with E-state index in [0.29, 0.717) is 47.8 Å². The third-order valence-corrected chi connectivity index (χ3v) is 9.51. The quantitative estimate of drug-likeness (QED) is 0.437. The van der Waals surface area contributed by atoms with Gasteiger partial charge in [0.25, 0.3) is 5.91 Å². The van der Waals surface area contributed by atoms with Gasteiger partial charge in [0.05, 0.1) is 40.5 Å². The monoisotopic (exact) mass is 574 g/mol. The third kappa shape index (κ3) is 6.05. The van der Waals surface area contributed by atoms with E-state index >= 15 is 0 Å². The van der Waals surface area contributed by atoms with Crippen molar-refractivity contribution in [3.05, 3.63) is 63.2 Å². The number of ether oxygens (including phenoxy) is 1. The fourth-order valence-electron chi connectivity index (χ4n) is 6.55. The molecule has 4 atom stereocenters. The minimum absolute atomic E-state index is 0.0232. The van der Waals surface area contributed by atoms with Crippen LogP contribution in [0.1, 0.15) is 51.2 Å². The van der Waals surface area contributed by atoms with Gasteiger partial charge in [-0.3, -0.25) is 9.59 Å². The highest BCUT2D eigenvalue weighted by Crippen LogP contribution is 2.33. The average Bonchev–Trinajstić information content (AvgIpc) is 3.76. The summed E-state index contributed by atoms with van der Waals surface area (Å²) in [4.78, 5) is 44.8. The Kier molecular flexibility index (Phi) is 8.14. The molecule has 3 aromatic rings. The number of benzene rings is 1. The molecule has 1 N–H and O–H groups in total. The van der Waals surface area contributed by atoms with Gasteiger partial charge in [-0.1, -0.05) is 30.3 Å². The molecule has 0 bridgehead atoms. The van der Waals surface area contributed by atoms with E-state index in [0.717, 1.165) is 61.8 Å². The molecule has 2 amide bonds. The third-order valence-electron chi connectivity index (χ3n) is 8.73. The molecule has 10 heteroatoms. The predicted molar refractivity (Wildman–Crippen MR) is 158 cm³/mol. The van der Waals surface area contributed by atoms with Crippen LogP contribution in [0, 0.1) is 38.5 Å². The number of likely N-dealkylation sites (tertiary alicyclic amines) is 2. The molecule has 0 saturated carbocycles. The Hall–Kier alpha value is -3.21. The van der Waals surface area contributed by atoms with Crippen molar-refractivity contribution in [3.63, 3.8) is 0 Å². The van der Waals surface area contributed by atoms with Crippen LogP contribution >= 0.6 is 11.3 Å². The Bertz CT molecular complexity index is 1370. The molecule has 0 spiro atoms. The summed E-state index contributed by atoms with van der Waals surface area (Å²) in [6.45, 7) is 11.3. The Labute approximate surface area is 245 Å². The number of amides is 2. The van der Waals surface area contributed by atoms with Gasteiger partial charge in [-0.25, -0.2) is 15.0 Å². The number of rotatable bonds is 8. The number of aryl methyl sites for hydroxylation is 3. The summed E-state index contributed by atoms with van der Waals surface area (Å²) in [6.07, 6.45) is 1.64.